The van der Waals surface area contributed by atoms with Crippen LogP contribution in [0.15, 0.2) is 36.4 Å². The smallest absolute Gasteiger partial charge is 0.274 e. The number of benzene rings is 1. The van der Waals surface area contributed by atoms with Gasteiger partial charge in [0.25, 0.3) is 11.8 Å². The Bertz CT molecular complexity index is 776. The summed E-state index contributed by atoms with van der Waals surface area (Å²) in [6, 6.07) is 9.72. The highest BCUT2D eigenvalue weighted by Crippen LogP contribution is 2.25. The molecule has 0 radical (unpaired) electrons. The molecule has 1 saturated carbocycles. The molecule has 1 aliphatic carbocycles. The molecule has 2 aromatic rings. The molecule has 0 spiro atoms. The molecule has 1 fully saturated rings. The summed E-state index contributed by atoms with van der Waals surface area (Å²) in [5.41, 5.74) is 0.780. The Balaban J connectivity index is 1.75. The summed E-state index contributed by atoms with van der Waals surface area (Å²) in [4.78, 5) is 28.3. The molecular weight excluding hydrogens is 337 g/mol. The van der Waals surface area contributed by atoms with Crippen molar-refractivity contribution in [3.05, 3.63) is 57.8 Å². The number of halogens is 2. The molecule has 1 aromatic heterocycles. The van der Waals surface area contributed by atoms with Crippen LogP contribution in [-0.4, -0.2) is 22.8 Å². The summed E-state index contributed by atoms with van der Waals surface area (Å²) in [5.74, 6) is -0.720. The van der Waals surface area contributed by atoms with Gasteiger partial charge in [-0.15, -0.1) is 0 Å². The number of nitrogens with zero attached hydrogens (tertiary/aromatic N) is 1. The molecule has 1 aliphatic rings. The lowest BCUT2D eigenvalue weighted by Gasteiger charge is -2.08. The van der Waals surface area contributed by atoms with Gasteiger partial charge in [0, 0.05) is 11.1 Å². The highest BCUT2D eigenvalue weighted by Gasteiger charge is 2.24. The second-order valence-corrected chi connectivity index (χ2v) is 6.08. The van der Waals surface area contributed by atoms with Gasteiger partial charge in [0.05, 0.1) is 10.7 Å². The molecule has 1 heterocycles. The normalized spacial score (nSPS) is 13.5. The van der Waals surface area contributed by atoms with Crippen molar-refractivity contribution in [2.24, 2.45) is 0 Å². The predicted octanol–water partition coefficient (Wildman–Crippen LogP) is 3.53. The number of nitrogens with one attached hydrogen (secondary N) is 2. The minimum absolute atomic E-state index is 0.138. The summed E-state index contributed by atoms with van der Waals surface area (Å²) >= 11 is 11.8. The van der Waals surface area contributed by atoms with Gasteiger partial charge in [-0.05, 0) is 43.2 Å². The molecule has 7 heteroatoms. The standard InChI is InChI=1S/C16H13Cl2N3O2/c17-9-4-7-12(11(18)8-9)21-16(23)14-3-1-2-13(20-14)15(22)19-10-5-6-10/h1-4,7-8,10H,5-6H2,(H,19,22)(H,21,23). The number of rotatable bonds is 4. The number of pyridine rings is 1. The third-order valence-corrected chi connectivity index (χ3v) is 3.85. The molecule has 0 unspecified atom stereocenters. The quantitative estimate of drug-likeness (QED) is 0.886. The SMILES string of the molecule is O=C(Nc1ccc(Cl)cc1Cl)c1cccc(C(=O)NC2CC2)n1. The van der Waals surface area contributed by atoms with Crippen LogP contribution in [0.3, 0.4) is 0 Å². The average Bonchev–Trinajstić information content (AvgIpc) is 3.34. The van der Waals surface area contributed by atoms with E-state index in [2.05, 4.69) is 15.6 Å². The van der Waals surface area contributed by atoms with E-state index in [1.807, 2.05) is 0 Å². The highest BCUT2D eigenvalue weighted by atomic mass is 35.5. The van der Waals surface area contributed by atoms with E-state index >= 15 is 0 Å². The second-order valence-electron chi connectivity index (χ2n) is 5.23. The van der Waals surface area contributed by atoms with E-state index in [0.717, 1.165) is 12.8 Å². The monoisotopic (exact) mass is 349 g/mol. The van der Waals surface area contributed by atoms with Crippen LogP contribution < -0.4 is 10.6 Å². The molecule has 118 valence electrons. The van der Waals surface area contributed by atoms with Crippen molar-refractivity contribution in [1.82, 2.24) is 10.3 Å². The van der Waals surface area contributed by atoms with Crippen LogP contribution in [0.5, 0.6) is 0 Å². The van der Waals surface area contributed by atoms with E-state index in [1.165, 1.54) is 12.1 Å². The molecule has 23 heavy (non-hydrogen) atoms. The first-order chi connectivity index (χ1) is 11.0. The molecular formula is C16H13Cl2N3O2. The van der Waals surface area contributed by atoms with Crippen LogP contribution in [0.25, 0.3) is 0 Å². The van der Waals surface area contributed by atoms with E-state index < -0.39 is 5.91 Å². The van der Waals surface area contributed by atoms with Gasteiger partial charge in [-0.3, -0.25) is 9.59 Å². The van der Waals surface area contributed by atoms with Crippen LogP contribution in [0.1, 0.15) is 33.8 Å². The van der Waals surface area contributed by atoms with E-state index in [9.17, 15) is 9.59 Å². The number of anilines is 1. The zero-order chi connectivity index (χ0) is 16.4. The molecule has 0 aliphatic heterocycles. The lowest BCUT2D eigenvalue weighted by molar-refractivity contribution is 0.0946. The Morgan fingerprint density at radius 3 is 2.39 bits per heavy atom. The van der Waals surface area contributed by atoms with E-state index in [-0.39, 0.29) is 23.3 Å². The van der Waals surface area contributed by atoms with Gasteiger partial charge in [-0.1, -0.05) is 29.3 Å². The number of hydrogen-bond donors (Lipinski definition) is 2. The van der Waals surface area contributed by atoms with Crippen molar-refractivity contribution < 1.29 is 9.59 Å². The van der Waals surface area contributed by atoms with Crippen molar-refractivity contribution >= 4 is 40.7 Å². The summed E-state index contributed by atoms with van der Waals surface area (Å²) in [5, 5.41) is 6.29. The zero-order valence-corrected chi connectivity index (χ0v) is 13.5. The predicted molar refractivity (Wildman–Crippen MR) is 89.1 cm³/mol. The van der Waals surface area contributed by atoms with Crippen molar-refractivity contribution in [2.45, 2.75) is 18.9 Å². The number of amides is 2. The van der Waals surface area contributed by atoms with E-state index in [4.69, 9.17) is 23.2 Å². The molecule has 3 rings (SSSR count). The van der Waals surface area contributed by atoms with Gasteiger partial charge in [0.15, 0.2) is 0 Å². The van der Waals surface area contributed by atoms with Gasteiger partial charge in [-0.2, -0.15) is 0 Å². The van der Waals surface area contributed by atoms with Crippen LogP contribution >= 0.6 is 23.2 Å². The number of aromatic nitrogens is 1. The molecule has 1 aromatic carbocycles. The highest BCUT2D eigenvalue weighted by molar-refractivity contribution is 6.36. The number of carbonyl (C=O) groups is 2. The van der Waals surface area contributed by atoms with Crippen LogP contribution in [-0.2, 0) is 0 Å². The van der Waals surface area contributed by atoms with E-state index in [0.29, 0.717) is 15.7 Å². The van der Waals surface area contributed by atoms with Gasteiger partial charge >= 0.3 is 0 Å². The molecule has 0 atom stereocenters. The number of hydrogen-bond acceptors (Lipinski definition) is 3. The van der Waals surface area contributed by atoms with Crippen molar-refractivity contribution in [3.63, 3.8) is 0 Å². The van der Waals surface area contributed by atoms with Crippen molar-refractivity contribution in [1.29, 1.82) is 0 Å². The minimum Gasteiger partial charge on any atom is -0.348 e. The third kappa shape index (κ3) is 4.00. The molecule has 2 N–H and O–H groups in total. The summed E-state index contributed by atoms with van der Waals surface area (Å²) < 4.78 is 0. The van der Waals surface area contributed by atoms with Gasteiger partial charge < -0.3 is 10.6 Å². The first-order valence-electron chi connectivity index (χ1n) is 7.07. The van der Waals surface area contributed by atoms with E-state index in [1.54, 1.807) is 24.3 Å². The lowest BCUT2D eigenvalue weighted by atomic mass is 10.2. The lowest BCUT2D eigenvalue weighted by Crippen LogP contribution is -2.27. The fourth-order valence-corrected chi connectivity index (χ4v) is 2.41. The number of carbonyl (C=O) groups excluding carboxylic acids is 2. The molecule has 0 saturated heterocycles. The van der Waals surface area contributed by atoms with Gasteiger partial charge in [-0.25, -0.2) is 4.98 Å². The molecule has 0 bridgehead atoms. The fourth-order valence-electron chi connectivity index (χ4n) is 1.95. The summed E-state index contributed by atoms with van der Waals surface area (Å²) in [6.45, 7) is 0. The minimum atomic E-state index is -0.449. The maximum absolute atomic E-state index is 12.3. The Kier molecular flexibility index (Phi) is 4.50. The first-order valence-corrected chi connectivity index (χ1v) is 7.83. The van der Waals surface area contributed by atoms with Gasteiger partial charge in [0.1, 0.15) is 11.4 Å². The summed E-state index contributed by atoms with van der Waals surface area (Å²) in [6.07, 6.45) is 1.97. The largest absolute Gasteiger partial charge is 0.348 e. The third-order valence-electron chi connectivity index (χ3n) is 3.31. The maximum Gasteiger partial charge on any atom is 0.274 e. The van der Waals surface area contributed by atoms with Crippen molar-refractivity contribution in [3.8, 4) is 0 Å². The Morgan fingerprint density at radius 1 is 1.04 bits per heavy atom. The summed E-state index contributed by atoms with van der Waals surface area (Å²) in [7, 11) is 0. The van der Waals surface area contributed by atoms with Crippen LogP contribution in [0, 0.1) is 0 Å². The first kappa shape index (κ1) is 15.8. The average molecular weight is 350 g/mol. The Hall–Kier alpha value is -2.11. The van der Waals surface area contributed by atoms with Crippen LogP contribution in [0.4, 0.5) is 5.69 Å². The van der Waals surface area contributed by atoms with Crippen LogP contribution in [0.2, 0.25) is 10.0 Å². The Labute approximate surface area is 143 Å². The fraction of sp³-hybridized carbons (Fsp3) is 0.188. The second kappa shape index (κ2) is 6.56. The zero-order valence-electron chi connectivity index (χ0n) is 12.0. The Morgan fingerprint density at radius 2 is 1.74 bits per heavy atom. The van der Waals surface area contributed by atoms with Gasteiger partial charge in [0.2, 0.25) is 0 Å². The topological polar surface area (TPSA) is 71.1 Å². The van der Waals surface area contributed by atoms with Crippen molar-refractivity contribution in [2.75, 3.05) is 5.32 Å². The maximum atomic E-state index is 12.3. The molecule has 2 amide bonds. The molecule has 5 nitrogen and oxygen atoms in total.